The summed E-state index contributed by atoms with van der Waals surface area (Å²) in [6.07, 6.45) is -1.37. The number of hydrogen-bond donors (Lipinski definition) is 2. The zero-order chi connectivity index (χ0) is 21.0. The molecule has 1 aromatic carbocycles. The van der Waals surface area contributed by atoms with Gasteiger partial charge >= 0.3 is 6.18 Å². The molecule has 0 saturated carbocycles. The summed E-state index contributed by atoms with van der Waals surface area (Å²) < 4.78 is 38.5. The largest absolute Gasteiger partial charge is 0.401 e. The quantitative estimate of drug-likeness (QED) is 0.539. The molecule has 0 bridgehead atoms. The minimum atomic E-state index is -4.45. The Morgan fingerprint density at radius 3 is 2.34 bits per heavy atom. The Hall–Kier alpha value is -2.19. The van der Waals surface area contributed by atoms with Crippen LogP contribution in [0.25, 0.3) is 11.3 Å². The van der Waals surface area contributed by atoms with Crippen molar-refractivity contribution < 1.29 is 18.3 Å². The summed E-state index contributed by atoms with van der Waals surface area (Å²) in [5.41, 5.74) is 1.64. The van der Waals surface area contributed by atoms with E-state index in [1.165, 1.54) is 18.6 Å². The zero-order valence-corrected chi connectivity index (χ0v) is 16.4. The Morgan fingerprint density at radius 1 is 1.03 bits per heavy atom. The third-order valence-corrected chi connectivity index (χ3v) is 4.61. The lowest BCUT2D eigenvalue weighted by Gasteiger charge is -2.26. The maximum Gasteiger partial charge on any atom is 0.401 e. The van der Waals surface area contributed by atoms with Crippen LogP contribution >= 0.6 is 23.2 Å². The van der Waals surface area contributed by atoms with Gasteiger partial charge in [-0.25, -0.2) is 0 Å². The molecule has 2 atom stereocenters. The molecule has 0 aliphatic carbocycles. The first-order valence-corrected chi connectivity index (χ1v) is 9.30. The Balaban J connectivity index is 2.03. The molecule has 3 aromatic rings. The van der Waals surface area contributed by atoms with Crippen molar-refractivity contribution in [3.63, 3.8) is 0 Å². The van der Waals surface area contributed by atoms with Gasteiger partial charge in [-0.1, -0.05) is 35.3 Å². The molecule has 152 valence electrons. The number of halogens is 5. The van der Waals surface area contributed by atoms with Crippen LogP contribution in [0.3, 0.4) is 0 Å². The normalized spacial score (nSPS) is 13.9. The van der Waals surface area contributed by atoms with Crippen LogP contribution in [-0.4, -0.2) is 27.8 Å². The smallest absolute Gasteiger partial charge is 0.386 e. The molecular weight excluding hydrogens is 426 g/mol. The minimum Gasteiger partial charge on any atom is -0.386 e. The van der Waals surface area contributed by atoms with E-state index in [9.17, 15) is 18.3 Å². The van der Waals surface area contributed by atoms with Gasteiger partial charge in [0.2, 0.25) is 0 Å². The van der Waals surface area contributed by atoms with Gasteiger partial charge in [0.15, 0.2) is 0 Å². The second-order valence-electron chi connectivity index (χ2n) is 6.30. The molecule has 0 radical (unpaired) electrons. The Labute approximate surface area is 175 Å². The van der Waals surface area contributed by atoms with Crippen LogP contribution in [0.5, 0.6) is 0 Å². The van der Waals surface area contributed by atoms with E-state index in [2.05, 4.69) is 15.3 Å². The highest BCUT2D eigenvalue weighted by Crippen LogP contribution is 2.36. The van der Waals surface area contributed by atoms with Crippen molar-refractivity contribution in [3.05, 3.63) is 82.2 Å². The molecule has 29 heavy (non-hydrogen) atoms. The number of nitrogens with one attached hydrogen (secondary N) is 1. The van der Waals surface area contributed by atoms with Crippen molar-refractivity contribution in [2.45, 2.75) is 18.3 Å². The number of alkyl halides is 3. The number of benzene rings is 1. The molecule has 3 rings (SSSR count). The number of hydrogen-bond acceptors (Lipinski definition) is 4. The topological polar surface area (TPSA) is 58.0 Å². The van der Waals surface area contributed by atoms with E-state index >= 15 is 0 Å². The van der Waals surface area contributed by atoms with Crippen LogP contribution in [0.15, 0.2) is 61.1 Å². The molecule has 0 unspecified atom stereocenters. The van der Waals surface area contributed by atoms with Gasteiger partial charge in [-0.15, -0.1) is 0 Å². The van der Waals surface area contributed by atoms with Gasteiger partial charge < -0.3 is 5.11 Å². The second kappa shape index (κ2) is 9.09. The fourth-order valence-electron chi connectivity index (χ4n) is 2.97. The Bertz CT molecular complexity index is 950. The van der Waals surface area contributed by atoms with Crippen LogP contribution in [0.4, 0.5) is 13.2 Å². The fraction of sp³-hybridized carbons (Fsp3) is 0.200. The Kier molecular flexibility index (Phi) is 6.74. The van der Waals surface area contributed by atoms with Gasteiger partial charge in [-0.05, 0) is 35.9 Å². The first-order valence-electron chi connectivity index (χ1n) is 8.54. The Morgan fingerprint density at radius 2 is 1.72 bits per heavy atom. The monoisotopic (exact) mass is 441 g/mol. The SMILES string of the molecule is O[C@H](c1cccnc1-c1cc(Cl)cc(Cl)c1)[C@@H](NCC(F)(F)F)c1cccnc1. The number of aromatic nitrogens is 2. The molecular formula is C20H16Cl2F3N3O. The third kappa shape index (κ3) is 5.67. The van der Waals surface area contributed by atoms with Crippen molar-refractivity contribution in [2.75, 3.05) is 6.54 Å². The minimum absolute atomic E-state index is 0.328. The molecule has 0 saturated heterocycles. The highest BCUT2D eigenvalue weighted by atomic mass is 35.5. The second-order valence-corrected chi connectivity index (χ2v) is 7.18. The first kappa shape index (κ1) is 21.5. The lowest BCUT2D eigenvalue weighted by Crippen LogP contribution is -2.35. The van der Waals surface area contributed by atoms with Gasteiger partial charge in [0.25, 0.3) is 0 Å². The van der Waals surface area contributed by atoms with E-state index < -0.39 is 24.9 Å². The van der Waals surface area contributed by atoms with E-state index in [-0.39, 0.29) is 0 Å². The maximum absolute atomic E-state index is 12.8. The van der Waals surface area contributed by atoms with Crippen LogP contribution in [0.1, 0.15) is 23.3 Å². The summed E-state index contributed by atoms with van der Waals surface area (Å²) in [4.78, 5) is 8.24. The van der Waals surface area contributed by atoms with Crippen molar-refractivity contribution in [3.8, 4) is 11.3 Å². The number of nitrogens with zero attached hydrogens (tertiary/aromatic N) is 2. The summed E-state index contributed by atoms with van der Waals surface area (Å²) in [6.45, 7) is -1.28. The molecule has 2 N–H and O–H groups in total. The number of aliphatic hydroxyl groups excluding tert-OH is 1. The summed E-state index contributed by atoms with van der Waals surface area (Å²) >= 11 is 12.1. The highest BCUT2D eigenvalue weighted by molar-refractivity contribution is 6.35. The van der Waals surface area contributed by atoms with E-state index in [0.717, 1.165) is 0 Å². The molecule has 0 spiro atoms. The predicted molar refractivity (Wildman–Crippen MR) is 106 cm³/mol. The van der Waals surface area contributed by atoms with E-state index in [1.807, 2.05) is 0 Å². The number of aliphatic hydroxyl groups is 1. The van der Waals surface area contributed by atoms with Crippen LogP contribution < -0.4 is 5.32 Å². The first-order chi connectivity index (χ1) is 13.7. The average molecular weight is 442 g/mol. The third-order valence-electron chi connectivity index (χ3n) is 4.18. The maximum atomic E-state index is 12.8. The summed E-state index contributed by atoms with van der Waals surface area (Å²) in [6, 6.07) is 10.1. The van der Waals surface area contributed by atoms with Crippen molar-refractivity contribution in [1.29, 1.82) is 0 Å². The number of rotatable bonds is 6. The fourth-order valence-corrected chi connectivity index (χ4v) is 3.49. The lowest BCUT2D eigenvalue weighted by atomic mass is 9.93. The van der Waals surface area contributed by atoms with Crippen molar-refractivity contribution in [1.82, 2.24) is 15.3 Å². The van der Waals surface area contributed by atoms with Gasteiger partial charge in [0.1, 0.15) is 6.10 Å². The van der Waals surface area contributed by atoms with Gasteiger partial charge in [0.05, 0.1) is 18.3 Å². The molecule has 0 aliphatic rings. The van der Waals surface area contributed by atoms with Crippen LogP contribution in [0.2, 0.25) is 10.0 Å². The molecule has 2 aromatic heterocycles. The van der Waals surface area contributed by atoms with Crippen LogP contribution in [-0.2, 0) is 0 Å². The molecule has 9 heteroatoms. The van der Waals surface area contributed by atoms with Gasteiger partial charge in [-0.3, -0.25) is 15.3 Å². The summed E-state index contributed by atoms with van der Waals surface area (Å²) in [5, 5.41) is 14.2. The summed E-state index contributed by atoms with van der Waals surface area (Å²) in [5.74, 6) is 0. The zero-order valence-electron chi connectivity index (χ0n) is 14.9. The van der Waals surface area contributed by atoms with Crippen molar-refractivity contribution in [2.24, 2.45) is 0 Å². The number of pyridine rings is 2. The summed E-state index contributed by atoms with van der Waals surface area (Å²) in [7, 11) is 0. The molecule has 0 amide bonds. The van der Waals surface area contributed by atoms with Crippen molar-refractivity contribution >= 4 is 23.2 Å². The van der Waals surface area contributed by atoms with Gasteiger partial charge in [-0.2, -0.15) is 13.2 Å². The molecule has 0 aliphatic heterocycles. The van der Waals surface area contributed by atoms with E-state index in [4.69, 9.17) is 23.2 Å². The van der Waals surface area contributed by atoms with Crippen LogP contribution in [0, 0.1) is 0 Å². The molecule has 4 nitrogen and oxygen atoms in total. The molecule has 2 heterocycles. The van der Waals surface area contributed by atoms with E-state index in [1.54, 1.807) is 42.5 Å². The standard InChI is InChI=1S/C20H16Cl2F3N3O/c21-14-7-13(8-15(22)9-14)17-16(4-2-6-27-17)19(29)18(28-11-20(23,24)25)12-3-1-5-26-10-12/h1-10,18-19,28-29H,11H2/t18-,19+/m0/s1. The van der Waals surface area contributed by atoms with Gasteiger partial charge in [0, 0.05) is 39.8 Å². The average Bonchev–Trinajstić information content (AvgIpc) is 2.67. The highest BCUT2D eigenvalue weighted by Gasteiger charge is 2.32. The predicted octanol–water partition coefficient (Wildman–Crippen LogP) is 5.38. The lowest BCUT2D eigenvalue weighted by molar-refractivity contribution is -0.128. The molecule has 0 fully saturated rings. The van der Waals surface area contributed by atoms with E-state index in [0.29, 0.717) is 32.4 Å².